The van der Waals surface area contributed by atoms with Gasteiger partial charge >= 0.3 is 0 Å². The van der Waals surface area contributed by atoms with Gasteiger partial charge in [0.2, 0.25) is 0 Å². The van der Waals surface area contributed by atoms with Crippen LogP contribution in [0.15, 0.2) is 12.1 Å². The van der Waals surface area contributed by atoms with Crippen molar-refractivity contribution in [3.05, 3.63) is 35.1 Å². The highest BCUT2D eigenvalue weighted by Crippen LogP contribution is 2.16. The molecule has 0 spiro atoms. The molecule has 0 atom stereocenters. The van der Waals surface area contributed by atoms with Gasteiger partial charge in [-0.1, -0.05) is 0 Å². The monoisotopic (exact) mass is 248 g/mol. The van der Waals surface area contributed by atoms with Gasteiger partial charge in [-0.2, -0.15) is 0 Å². The molecule has 0 aliphatic heterocycles. The molecular weight excluding hydrogens is 233 g/mol. The van der Waals surface area contributed by atoms with Crippen LogP contribution in [-0.2, 0) is 15.9 Å². The molecular formula is C12H15F3O2. The Morgan fingerprint density at radius 3 is 1.88 bits per heavy atom. The van der Waals surface area contributed by atoms with Gasteiger partial charge in [0.25, 0.3) is 0 Å². The van der Waals surface area contributed by atoms with Gasteiger partial charge in [0.15, 0.2) is 23.7 Å². The van der Waals surface area contributed by atoms with Gasteiger partial charge in [0.1, 0.15) is 0 Å². The second-order valence-electron chi connectivity index (χ2n) is 3.42. The van der Waals surface area contributed by atoms with Crippen molar-refractivity contribution in [2.24, 2.45) is 0 Å². The largest absolute Gasteiger partial charge is 0.353 e. The standard InChI is InChI=1S/C12H15F3O2/c1-3-16-11(17-4-2)7-8-5-9(13)12(15)10(14)6-8/h5-6,11H,3-4,7H2,1-2H3. The Labute approximate surface area is 98.3 Å². The van der Waals surface area contributed by atoms with Crippen LogP contribution < -0.4 is 0 Å². The first-order chi connectivity index (χ1) is 8.08. The van der Waals surface area contributed by atoms with E-state index in [0.717, 1.165) is 12.1 Å². The Morgan fingerprint density at radius 1 is 1.00 bits per heavy atom. The highest BCUT2D eigenvalue weighted by molar-refractivity contribution is 5.19. The SMILES string of the molecule is CCOC(Cc1cc(F)c(F)c(F)c1)OCC. The van der Waals surface area contributed by atoms with E-state index in [2.05, 4.69) is 0 Å². The minimum absolute atomic E-state index is 0.176. The third-order valence-electron chi connectivity index (χ3n) is 2.15. The zero-order chi connectivity index (χ0) is 12.8. The number of halogens is 3. The molecule has 0 fully saturated rings. The molecule has 1 aromatic rings. The van der Waals surface area contributed by atoms with Crippen LogP contribution in [0.4, 0.5) is 13.2 Å². The summed E-state index contributed by atoms with van der Waals surface area (Å²) in [4.78, 5) is 0. The van der Waals surface area contributed by atoms with Gasteiger partial charge in [0, 0.05) is 19.6 Å². The lowest BCUT2D eigenvalue weighted by Gasteiger charge is -2.17. The predicted octanol–water partition coefficient (Wildman–Crippen LogP) is 3.05. The Morgan fingerprint density at radius 2 is 1.47 bits per heavy atom. The van der Waals surface area contributed by atoms with E-state index >= 15 is 0 Å². The van der Waals surface area contributed by atoms with E-state index in [4.69, 9.17) is 9.47 Å². The van der Waals surface area contributed by atoms with Crippen molar-refractivity contribution in [2.75, 3.05) is 13.2 Å². The fourth-order valence-corrected chi connectivity index (χ4v) is 1.46. The summed E-state index contributed by atoms with van der Waals surface area (Å²) in [5, 5.41) is 0. The summed E-state index contributed by atoms with van der Waals surface area (Å²) in [5.74, 6) is -3.86. The molecule has 0 unspecified atom stereocenters. The molecule has 2 nitrogen and oxygen atoms in total. The molecule has 0 aliphatic carbocycles. The van der Waals surface area contributed by atoms with Crippen LogP contribution in [0.5, 0.6) is 0 Å². The lowest BCUT2D eigenvalue weighted by Crippen LogP contribution is -2.20. The Kier molecular flexibility index (Phi) is 5.44. The first kappa shape index (κ1) is 14.0. The van der Waals surface area contributed by atoms with Crippen molar-refractivity contribution >= 4 is 0 Å². The van der Waals surface area contributed by atoms with Gasteiger partial charge in [-0.3, -0.25) is 0 Å². The van der Waals surface area contributed by atoms with E-state index in [9.17, 15) is 13.2 Å². The highest BCUT2D eigenvalue weighted by Gasteiger charge is 2.14. The average Bonchev–Trinajstić information content (AvgIpc) is 2.26. The van der Waals surface area contributed by atoms with Crippen LogP contribution in [0.1, 0.15) is 19.4 Å². The van der Waals surface area contributed by atoms with E-state index in [1.807, 2.05) is 0 Å². The number of benzene rings is 1. The van der Waals surface area contributed by atoms with Crippen molar-refractivity contribution in [1.82, 2.24) is 0 Å². The zero-order valence-corrected chi connectivity index (χ0v) is 9.80. The van der Waals surface area contributed by atoms with Crippen molar-refractivity contribution in [1.29, 1.82) is 0 Å². The molecule has 0 saturated heterocycles. The summed E-state index contributed by atoms with van der Waals surface area (Å²) in [6, 6.07) is 1.90. The number of ether oxygens (including phenoxy) is 2. The third kappa shape index (κ3) is 4.02. The minimum Gasteiger partial charge on any atom is -0.353 e. The van der Waals surface area contributed by atoms with Crippen LogP contribution in [0.2, 0.25) is 0 Å². The molecule has 0 amide bonds. The highest BCUT2D eigenvalue weighted by atomic mass is 19.2. The summed E-state index contributed by atoms with van der Waals surface area (Å²) in [5.41, 5.74) is 0.299. The average molecular weight is 248 g/mol. The quantitative estimate of drug-likeness (QED) is 0.569. The summed E-state index contributed by atoms with van der Waals surface area (Å²) in [6.07, 6.45) is -0.398. The van der Waals surface area contributed by atoms with E-state index in [-0.39, 0.29) is 6.42 Å². The van der Waals surface area contributed by atoms with Crippen LogP contribution in [0.25, 0.3) is 0 Å². The van der Waals surface area contributed by atoms with Crippen molar-refractivity contribution in [3.8, 4) is 0 Å². The molecule has 96 valence electrons. The summed E-state index contributed by atoms with van der Waals surface area (Å²) in [6.45, 7) is 4.43. The molecule has 5 heteroatoms. The topological polar surface area (TPSA) is 18.5 Å². The van der Waals surface area contributed by atoms with Crippen molar-refractivity contribution in [3.63, 3.8) is 0 Å². The first-order valence-corrected chi connectivity index (χ1v) is 5.45. The Bertz CT molecular complexity index is 340. The van der Waals surface area contributed by atoms with E-state index in [0.29, 0.717) is 18.8 Å². The van der Waals surface area contributed by atoms with Crippen LogP contribution in [-0.4, -0.2) is 19.5 Å². The molecule has 0 bridgehead atoms. The molecule has 1 aromatic carbocycles. The maximum Gasteiger partial charge on any atom is 0.194 e. The molecule has 0 saturated carbocycles. The lowest BCUT2D eigenvalue weighted by molar-refractivity contribution is -0.134. The maximum absolute atomic E-state index is 13.0. The Balaban J connectivity index is 2.78. The Hall–Kier alpha value is -1.07. The maximum atomic E-state index is 13.0. The molecule has 0 N–H and O–H groups in total. The predicted molar refractivity (Wildman–Crippen MR) is 57.1 cm³/mol. The van der Waals surface area contributed by atoms with Crippen LogP contribution in [0.3, 0.4) is 0 Å². The second kappa shape index (κ2) is 6.61. The second-order valence-corrected chi connectivity index (χ2v) is 3.42. The number of hydrogen-bond donors (Lipinski definition) is 0. The third-order valence-corrected chi connectivity index (χ3v) is 2.15. The van der Waals surface area contributed by atoms with Gasteiger partial charge in [-0.25, -0.2) is 13.2 Å². The van der Waals surface area contributed by atoms with Crippen molar-refractivity contribution in [2.45, 2.75) is 26.6 Å². The van der Waals surface area contributed by atoms with Gasteiger partial charge in [-0.15, -0.1) is 0 Å². The molecule has 0 radical (unpaired) electrons. The van der Waals surface area contributed by atoms with Crippen LogP contribution >= 0.6 is 0 Å². The van der Waals surface area contributed by atoms with Gasteiger partial charge < -0.3 is 9.47 Å². The zero-order valence-electron chi connectivity index (χ0n) is 9.80. The van der Waals surface area contributed by atoms with Gasteiger partial charge in [-0.05, 0) is 31.5 Å². The molecule has 0 aromatic heterocycles. The molecule has 1 rings (SSSR count). The normalized spacial score (nSPS) is 11.2. The fraction of sp³-hybridized carbons (Fsp3) is 0.500. The molecule has 17 heavy (non-hydrogen) atoms. The summed E-state index contributed by atoms with van der Waals surface area (Å²) in [7, 11) is 0. The minimum atomic E-state index is -1.46. The number of hydrogen-bond acceptors (Lipinski definition) is 2. The van der Waals surface area contributed by atoms with E-state index < -0.39 is 23.7 Å². The smallest absolute Gasteiger partial charge is 0.194 e. The fourth-order valence-electron chi connectivity index (χ4n) is 1.46. The first-order valence-electron chi connectivity index (χ1n) is 5.45. The molecule has 0 aliphatic rings. The number of rotatable bonds is 6. The van der Waals surface area contributed by atoms with E-state index in [1.54, 1.807) is 13.8 Å². The van der Waals surface area contributed by atoms with E-state index in [1.165, 1.54) is 0 Å². The van der Waals surface area contributed by atoms with Gasteiger partial charge in [0.05, 0.1) is 0 Å². The van der Waals surface area contributed by atoms with Crippen LogP contribution in [0, 0.1) is 17.5 Å². The summed E-state index contributed by atoms with van der Waals surface area (Å²) < 4.78 is 49.1. The molecule has 0 heterocycles. The lowest BCUT2D eigenvalue weighted by atomic mass is 10.1. The van der Waals surface area contributed by atoms with Crippen molar-refractivity contribution < 1.29 is 22.6 Å². The summed E-state index contributed by atoms with van der Waals surface area (Å²) >= 11 is 0.